The molecule has 22 heavy (non-hydrogen) atoms. The van der Waals surface area contributed by atoms with Crippen molar-refractivity contribution >= 4 is 34.6 Å². The second kappa shape index (κ2) is 6.67. The SMILES string of the molecule is [O]c1ccc(N2CCC(Nc3cccc(Cl)c3Cl)CC2)cc1. The van der Waals surface area contributed by atoms with Gasteiger partial charge in [0.1, 0.15) is 0 Å². The van der Waals surface area contributed by atoms with Crippen LogP contribution in [0.25, 0.3) is 0 Å². The largest absolute Gasteiger partial charge is 0.381 e. The molecule has 1 N–H and O–H groups in total. The van der Waals surface area contributed by atoms with Gasteiger partial charge in [0.05, 0.1) is 15.7 Å². The fourth-order valence-electron chi connectivity index (χ4n) is 2.77. The van der Waals surface area contributed by atoms with Crippen LogP contribution in [0.4, 0.5) is 11.4 Å². The number of halogens is 2. The molecule has 1 aliphatic heterocycles. The summed E-state index contributed by atoms with van der Waals surface area (Å²) in [7, 11) is 0. The van der Waals surface area contributed by atoms with E-state index in [4.69, 9.17) is 23.2 Å². The molecule has 0 aliphatic carbocycles. The summed E-state index contributed by atoms with van der Waals surface area (Å²) in [5.41, 5.74) is 2.00. The highest BCUT2D eigenvalue weighted by atomic mass is 35.5. The van der Waals surface area contributed by atoms with E-state index in [0.717, 1.165) is 37.3 Å². The number of piperidine rings is 1. The molecular weight excluding hydrogens is 319 g/mol. The first-order chi connectivity index (χ1) is 10.6. The summed E-state index contributed by atoms with van der Waals surface area (Å²) in [6.07, 6.45) is 2.03. The molecule has 0 unspecified atom stereocenters. The smallest absolute Gasteiger partial charge is 0.178 e. The van der Waals surface area contributed by atoms with Crippen molar-refractivity contribution in [1.82, 2.24) is 0 Å². The Hall–Kier alpha value is -1.58. The van der Waals surface area contributed by atoms with E-state index in [2.05, 4.69) is 10.2 Å². The lowest BCUT2D eigenvalue weighted by Crippen LogP contribution is -2.39. The molecule has 115 valence electrons. The second-order valence-corrected chi connectivity index (χ2v) is 6.29. The van der Waals surface area contributed by atoms with Crippen molar-refractivity contribution in [2.45, 2.75) is 18.9 Å². The first-order valence-electron chi connectivity index (χ1n) is 7.36. The van der Waals surface area contributed by atoms with Gasteiger partial charge in [-0.3, -0.25) is 5.11 Å². The Labute approximate surface area is 140 Å². The highest BCUT2D eigenvalue weighted by Crippen LogP contribution is 2.31. The van der Waals surface area contributed by atoms with Crippen molar-refractivity contribution < 1.29 is 5.11 Å². The molecule has 3 nitrogen and oxygen atoms in total. The average molecular weight is 336 g/mol. The molecule has 2 aromatic rings. The van der Waals surface area contributed by atoms with Gasteiger partial charge in [-0.25, -0.2) is 0 Å². The van der Waals surface area contributed by atoms with Crippen molar-refractivity contribution in [3.8, 4) is 5.75 Å². The Balaban J connectivity index is 1.60. The highest BCUT2D eigenvalue weighted by Gasteiger charge is 2.20. The summed E-state index contributed by atoms with van der Waals surface area (Å²) in [5, 5.41) is 15.8. The van der Waals surface area contributed by atoms with Gasteiger partial charge in [0, 0.05) is 24.8 Å². The molecule has 0 bridgehead atoms. The molecule has 1 saturated heterocycles. The van der Waals surface area contributed by atoms with Gasteiger partial charge in [-0.05, 0) is 49.2 Å². The van der Waals surface area contributed by atoms with Crippen molar-refractivity contribution in [1.29, 1.82) is 0 Å². The van der Waals surface area contributed by atoms with E-state index in [0.29, 0.717) is 16.1 Å². The Kier molecular flexibility index (Phi) is 4.65. The third-order valence-electron chi connectivity index (χ3n) is 4.01. The molecule has 1 radical (unpaired) electrons. The van der Waals surface area contributed by atoms with Crippen LogP contribution >= 0.6 is 23.2 Å². The number of nitrogens with zero attached hydrogens (tertiary/aromatic N) is 1. The molecule has 0 saturated carbocycles. The zero-order valence-corrected chi connectivity index (χ0v) is 13.6. The molecule has 3 rings (SSSR count). The number of nitrogens with one attached hydrogen (secondary N) is 1. The molecule has 1 heterocycles. The normalized spacial score (nSPS) is 15.8. The van der Waals surface area contributed by atoms with Crippen LogP contribution in [0.2, 0.25) is 10.0 Å². The van der Waals surface area contributed by atoms with Gasteiger partial charge in [-0.2, -0.15) is 0 Å². The third-order valence-corrected chi connectivity index (χ3v) is 4.83. The molecule has 2 aromatic carbocycles. The molecule has 1 fully saturated rings. The zero-order chi connectivity index (χ0) is 15.5. The van der Waals surface area contributed by atoms with Crippen molar-refractivity contribution in [3.05, 3.63) is 52.5 Å². The molecule has 0 spiro atoms. The van der Waals surface area contributed by atoms with E-state index in [9.17, 15) is 5.11 Å². The summed E-state index contributed by atoms with van der Waals surface area (Å²) in [4.78, 5) is 2.30. The van der Waals surface area contributed by atoms with Crippen LogP contribution in [-0.4, -0.2) is 19.1 Å². The molecular formula is C17H17Cl2N2O. The number of rotatable bonds is 3. The maximum Gasteiger partial charge on any atom is 0.178 e. The summed E-state index contributed by atoms with van der Waals surface area (Å²) >= 11 is 12.3. The summed E-state index contributed by atoms with van der Waals surface area (Å²) in [5.74, 6) is 0.0518. The van der Waals surface area contributed by atoms with E-state index in [-0.39, 0.29) is 5.75 Å². The number of hydrogen-bond acceptors (Lipinski definition) is 2. The monoisotopic (exact) mass is 335 g/mol. The number of anilines is 2. The maximum atomic E-state index is 11.2. The van der Waals surface area contributed by atoms with E-state index < -0.39 is 0 Å². The number of hydrogen-bond donors (Lipinski definition) is 1. The molecule has 0 aromatic heterocycles. The van der Waals surface area contributed by atoms with Gasteiger partial charge in [-0.1, -0.05) is 29.3 Å². The lowest BCUT2D eigenvalue weighted by Gasteiger charge is -2.34. The van der Waals surface area contributed by atoms with Crippen molar-refractivity contribution in [2.75, 3.05) is 23.3 Å². The lowest BCUT2D eigenvalue weighted by atomic mass is 10.0. The third kappa shape index (κ3) is 3.42. The van der Waals surface area contributed by atoms with Crippen LogP contribution in [0.15, 0.2) is 42.5 Å². The first-order valence-corrected chi connectivity index (χ1v) is 8.11. The van der Waals surface area contributed by atoms with Crippen LogP contribution in [0.5, 0.6) is 5.75 Å². The predicted molar refractivity (Wildman–Crippen MR) is 91.9 cm³/mol. The minimum atomic E-state index is 0.0518. The van der Waals surface area contributed by atoms with Crippen LogP contribution in [0, 0.1) is 0 Å². The molecule has 0 amide bonds. The van der Waals surface area contributed by atoms with Crippen LogP contribution in [0.1, 0.15) is 12.8 Å². The lowest BCUT2D eigenvalue weighted by molar-refractivity contribution is 0.355. The minimum absolute atomic E-state index is 0.0518. The van der Waals surface area contributed by atoms with E-state index >= 15 is 0 Å². The van der Waals surface area contributed by atoms with Crippen molar-refractivity contribution in [2.24, 2.45) is 0 Å². The maximum absolute atomic E-state index is 11.2. The Bertz CT molecular complexity index is 638. The second-order valence-electron chi connectivity index (χ2n) is 5.50. The molecule has 5 heteroatoms. The van der Waals surface area contributed by atoms with Gasteiger partial charge in [0.15, 0.2) is 5.75 Å². The van der Waals surface area contributed by atoms with Gasteiger partial charge >= 0.3 is 0 Å². The fraction of sp³-hybridized carbons (Fsp3) is 0.294. The van der Waals surface area contributed by atoms with Crippen molar-refractivity contribution in [3.63, 3.8) is 0 Å². The topological polar surface area (TPSA) is 35.2 Å². The molecule has 1 aliphatic rings. The van der Waals surface area contributed by atoms with Gasteiger partial charge in [0.25, 0.3) is 0 Å². The van der Waals surface area contributed by atoms with E-state index in [1.807, 2.05) is 24.3 Å². The van der Waals surface area contributed by atoms with Gasteiger partial charge in [-0.15, -0.1) is 0 Å². The van der Waals surface area contributed by atoms with Gasteiger partial charge in [0.2, 0.25) is 0 Å². The van der Waals surface area contributed by atoms with E-state index in [1.54, 1.807) is 18.2 Å². The minimum Gasteiger partial charge on any atom is -0.381 e. The standard InChI is InChI=1S/C17H17Cl2N2O/c18-15-2-1-3-16(17(15)19)20-12-8-10-21(11-9-12)13-4-6-14(22)7-5-13/h1-7,12,20H,8-11H2. The quantitative estimate of drug-likeness (QED) is 0.834. The fourth-order valence-corrected chi connectivity index (χ4v) is 3.13. The highest BCUT2D eigenvalue weighted by molar-refractivity contribution is 6.43. The van der Waals surface area contributed by atoms with Crippen LogP contribution in [0.3, 0.4) is 0 Å². The predicted octanol–water partition coefficient (Wildman–Crippen LogP) is 5.22. The Morgan fingerprint density at radius 2 is 1.68 bits per heavy atom. The zero-order valence-electron chi connectivity index (χ0n) is 12.1. The van der Waals surface area contributed by atoms with E-state index in [1.165, 1.54) is 0 Å². The summed E-state index contributed by atoms with van der Waals surface area (Å²) < 4.78 is 0. The first kappa shape index (κ1) is 15.3. The Morgan fingerprint density at radius 1 is 1.00 bits per heavy atom. The summed E-state index contributed by atoms with van der Waals surface area (Å²) in [6.45, 7) is 1.90. The number of benzene rings is 2. The van der Waals surface area contributed by atoms with Crippen LogP contribution < -0.4 is 10.2 Å². The Morgan fingerprint density at radius 3 is 2.36 bits per heavy atom. The van der Waals surface area contributed by atoms with Gasteiger partial charge < -0.3 is 10.2 Å². The summed E-state index contributed by atoms with van der Waals surface area (Å²) in [6, 6.07) is 13.0. The molecule has 0 atom stereocenters. The van der Waals surface area contributed by atoms with Crippen LogP contribution in [-0.2, 0) is 5.11 Å². The average Bonchev–Trinajstić information content (AvgIpc) is 2.53.